The molecule has 0 bridgehead atoms. The maximum Gasteiger partial charge on any atom is 0.296 e. The molecule has 0 atom stereocenters. The Balaban J connectivity index is 0.000000249. The predicted molar refractivity (Wildman–Crippen MR) is 308 cm³/mol. The first-order valence-corrected chi connectivity index (χ1v) is 29.7. The predicted octanol–water partition coefficient (Wildman–Crippen LogP) is 12.1. The van der Waals surface area contributed by atoms with Gasteiger partial charge in [0.25, 0.3) is 10.1 Å². The number of benzene rings is 8. The van der Waals surface area contributed by atoms with Gasteiger partial charge in [-0.05, 0) is 84.3 Å². The molecule has 8 aromatic carbocycles. The zero-order valence-corrected chi connectivity index (χ0v) is 45.7. The van der Waals surface area contributed by atoms with Gasteiger partial charge in [-0.15, -0.1) is 0 Å². The van der Waals surface area contributed by atoms with Crippen molar-refractivity contribution >= 4 is 43.9 Å². The fraction of sp³-hybridized carbons (Fsp3) is 0.226. The highest BCUT2D eigenvalue weighted by atomic mass is 32.2. The topological polar surface area (TPSA) is 124 Å². The number of hydrogen-bond donors (Lipinski definition) is 2. The van der Waals surface area contributed by atoms with E-state index in [-0.39, 0.29) is 41.9 Å². The van der Waals surface area contributed by atoms with Gasteiger partial charge in [0.15, 0.2) is 9.84 Å². The van der Waals surface area contributed by atoms with Crippen molar-refractivity contribution in [3.05, 3.63) is 275 Å². The second-order valence-corrected chi connectivity index (χ2v) is 24.3. The van der Waals surface area contributed by atoms with Gasteiger partial charge in [-0.25, -0.2) is 17.0 Å². The Morgan fingerprint density at radius 1 is 0.400 bits per heavy atom. The average molecular weight is 1080 g/mol. The summed E-state index contributed by atoms with van der Waals surface area (Å²) >= 11 is 3.28. The van der Waals surface area contributed by atoms with Crippen molar-refractivity contribution < 1.29 is 31.2 Å². The highest BCUT2D eigenvalue weighted by molar-refractivity contribution is 7.98. The Morgan fingerprint density at radius 3 is 1.05 bits per heavy atom. The molecular formula is C62H66N2O7S4. The SMILES string of the molecule is Cc1ccc(S(=O)(=O)CCN(CCCOS(=O)(=O)c2ccc(C)cc2)SC(c2ccccc2)(c2ccccc2)c2ccccc2)cc1.OCCCN(CCO)SC(c1ccccc1)(c1ccccc1)c1ccccc1. The lowest BCUT2D eigenvalue weighted by molar-refractivity contribution is 0.240. The fourth-order valence-electron chi connectivity index (χ4n) is 8.77. The molecule has 8 aromatic rings. The molecule has 0 heterocycles. The molecule has 0 unspecified atom stereocenters. The summed E-state index contributed by atoms with van der Waals surface area (Å²) in [4.78, 5) is 0.385. The second kappa shape index (κ2) is 27.8. The second-order valence-electron chi connectivity index (χ2n) is 18.0. The minimum absolute atomic E-state index is 0.0486. The molecule has 8 rings (SSSR count). The van der Waals surface area contributed by atoms with Gasteiger partial charge in [-0.2, -0.15) is 8.42 Å². The standard InChI is InChI=1S/C38H39NO5S3.C24H27NO2S/c1-31-19-23-36(24-20-31)46(40,41)30-28-39(27-12-29-44-47(42,43)37-25-21-32(2)22-26-37)45-38(33-13-6-3-7-14-33,34-15-8-4-9-16-34)35-17-10-5-11-18-35;26-19-10-17-25(18-20-27)28-24(21-11-4-1-5-12-21,22-13-6-2-7-14-22)23-15-8-3-9-16-23/h3-11,13-26H,12,27-30H2,1-2H3;1-9,11-16,26-27H,10,17-20H2. The van der Waals surface area contributed by atoms with Crippen LogP contribution in [0, 0.1) is 13.8 Å². The maximum absolute atomic E-state index is 13.5. The summed E-state index contributed by atoms with van der Waals surface area (Å²) in [6, 6.07) is 75.5. The smallest absolute Gasteiger partial charge is 0.296 e. The van der Waals surface area contributed by atoms with Gasteiger partial charge in [0, 0.05) is 32.8 Å². The number of hydrogen-bond acceptors (Lipinski definition) is 11. The summed E-state index contributed by atoms with van der Waals surface area (Å²) in [7, 11) is -7.53. The van der Waals surface area contributed by atoms with E-state index in [4.69, 9.17) is 4.18 Å². The third-order valence-electron chi connectivity index (χ3n) is 12.6. The Hall–Kier alpha value is -5.84. The molecule has 0 saturated carbocycles. The monoisotopic (exact) mass is 1080 g/mol. The van der Waals surface area contributed by atoms with Crippen LogP contribution in [0.5, 0.6) is 0 Å². The normalized spacial score (nSPS) is 12.1. The molecular weight excluding hydrogens is 1010 g/mol. The zero-order chi connectivity index (χ0) is 53.0. The molecule has 9 nitrogen and oxygen atoms in total. The van der Waals surface area contributed by atoms with Crippen molar-refractivity contribution in [2.45, 2.75) is 46.0 Å². The molecule has 2 N–H and O–H groups in total. The van der Waals surface area contributed by atoms with Crippen LogP contribution in [0.15, 0.2) is 240 Å². The van der Waals surface area contributed by atoms with Gasteiger partial charge in [0.1, 0.15) is 9.49 Å². The highest BCUT2D eigenvalue weighted by Crippen LogP contribution is 2.51. The van der Waals surface area contributed by atoms with Gasteiger partial charge in [0.05, 0.1) is 28.8 Å². The van der Waals surface area contributed by atoms with E-state index in [1.807, 2.05) is 90.9 Å². The number of aliphatic hydroxyl groups excluding tert-OH is 2. The highest BCUT2D eigenvalue weighted by Gasteiger charge is 2.41. The number of aryl methyl sites for hydroxylation is 2. The van der Waals surface area contributed by atoms with E-state index in [2.05, 4.69) is 113 Å². The van der Waals surface area contributed by atoms with Crippen LogP contribution in [0.2, 0.25) is 0 Å². The molecule has 0 aliphatic heterocycles. The molecule has 0 aromatic heterocycles. The molecule has 13 heteroatoms. The first kappa shape index (κ1) is 56.9. The number of nitrogens with zero attached hydrogens (tertiary/aromatic N) is 2. The van der Waals surface area contributed by atoms with Crippen LogP contribution in [0.1, 0.15) is 57.3 Å². The third kappa shape index (κ3) is 15.0. The first-order valence-electron chi connectivity index (χ1n) is 25.1. The quantitative estimate of drug-likeness (QED) is 0.0246. The fourth-order valence-corrected chi connectivity index (χ4v) is 14.1. The molecule has 0 spiro atoms. The van der Waals surface area contributed by atoms with Gasteiger partial charge >= 0.3 is 0 Å². The molecule has 0 amide bonds. The molecule has 0 radical (unpaired) electrons. The Labute approximate surface area is 453 Å². The van der Waals surface area contributed by atoms with Crippen molar-refractivity contribution in [1.29, 1.82) is 0 Å². The van der Waals surface area contributed by atoms with Crippen LogP contribution >= 0.6 is 23.9 Å². The largest absolute Gasteiger partial charge is 0.396 e. The lowest BCUT2D eigenvalue weighted by atomic mass is 9.84. The van der Waals surface area contributed by atoms with E-state index in [0.717, 1.165) is 27.8 Å². The van der Waals surface area contributed by atoms with Crippen LogP contribution in [0.4, 0.5) is 0 Å². The number of rotatable bonds is 25. The van der Waals surface area contributed by atoms with Crippen molar-refractivity contribution in [2.75, 3.05) is 51.8 Å². The van der Waals surface area contributed by atoms with E-state index in [1.165, 1.54) is 28.8 Å². The van der Waals surface area contributed by atoms with Crippen molar-refractivity contribution in [3.63, 3.8) is 0 Å². The molecule has 0 saturated heterocycles. The van der Waals surface area contributed by atoms with Crippen LogP contribution in [-0.2, 0) is 33.6 Å². The van der Waals surface area contributed by atoms with Gasteiger partial charge in [-0.1, -0.05) is 241 Å². The van der Waals surface area contributed by atoms with Crippen LogP contribution in [-0.4, -0.2) is 87.4 Å². The van der Waals surface area contributed by atoms with Gasteiger partial charge in [-0.3, -0.25) is 4.18 Å². The van der Waals surface area contributed by atoms with E-state index < -0.39 is 29.4 Å². The van der Waals surface area contributed by atoms with Crippen molar-refractivity contribution in [2.24, 2.45) is 0 Å². The van der Waals surface area contributed by atoms with E-state index in [1.54, 1.807) is 60.3 Å². The summed E-state index contributed by atoms with van der Waals surface area (Å²) in [5, 5.41) is 19.0. The van der Waals surface area contributed by atoms with Crippen molar-refractivity contribution in [3.8, 4) is 0 Å². The zero-order valence-electron chi connectivity index (χ0n) is 42.5. The third-order valence-corrected chi connectivity index (χ3v) is 18.9. The van der Waals surface area contributed by atoms with Crippen LogP contribution < -0.4 is 0 Å². The number of aliphatic hydroxyl groups is 2. The van der Waals surface area contributed by atoms with Gasteiger partial charge < -0.3 is 10.2 Å². The molecule has 75 heavy (non-hydrogen) atoms. The van der Waals surface area contributed by atoms with Crippen LogP contribution in [0.25, 0.3) is 0 Å². The molecule has 390 valence electrons. The average Bonchev–Trinajstić information content (AvgIpc) is 3.45. The van der Waals surface area contributed by atoms with Crippen LogP contribution in [0.3, 0.4) is 0 Å². The Bertz CT molecular complexity index is 2950. The van der Waals surface area contributed by atoms with Gasteiger partial charge in [0.2, 0.25) is 0 Å². The summed E-state index contributed by atoms with van der Waals surface area (Å²) in [5.74, 6) is -0.111. The lowest BCUT2D eigenvalue weighted by Crippen LogP contribution is -2.34. The Kier molecular flexibility index (Phi) is 21.1. The van der Waals surface area contributed by atoms with E-state index >= 15 is 0 Å². The molecule has 0 fully saturated rings. The summed E-state index contributed by atoms with van der Waals surface area (Å²) in [6.45, 7) is 5.81. The number of sulfone groups is 1. The first-order chi connectivity index (χ1) is 36.4. The Morgan fingerprint density at radius 2 is 0.720 bits per heavy atom. The minimum atomic E-state index is -3.94. The molecule has 0 aliphatic rings. The van der Waals surface area contributed by atoms with E-state index in [0.29, 0.717) is 32.5 Å². The maximum atomic E-state index is 13.5. The lowest BCUT2D eigenvalue weighted by Gasteiger charge is -2.39. The van der Waals surface area contributed by atoms with E-state index in [9.17, 15) is 27.0 Å². The minimum Gasteiger partial charge on any atom is -0.396 e. The summed E-state index contributed by atoms with van der Waals surface area (Å²) in [6.07, 6.45) is 1.03. The molecule has 0 aliphatic carbocycles. The summed E-state index contributed by atoms with van der Waals surface area (Å²) in [5.41, 5.74) is 8.60. The summed E-state index contributed by atoms with van der Waals surface area (Å²) < 4.78 is 61.3. The van der Waals surface area contributed by atoms with Crippen molar-refractivity contribution in [1.82, 2.24) is 8.61 Å².